The number of aliphatic hydroxyl groups excluding tert-OH is 5. The zero-order valence-electron chi connectivity index (χ0n) is 48.5. The number of esters is 1. The lowest BCUT2D eigenvalue weighted by atomic mass is 9.99. The van der Waals surface area contributed by atoms with Crippen LogP contribution >= 0.6 is 0 Å². The second-order valence-electron chi connectivity index (χ2n) is 22.5. The van der Waals surface area contributed by atoms with Gasteiger partial charge in [-0.15, -0.1) is 0 Å². The second-order valence-corrected chi connectivity index (χ2v) is 22.5. The molecule has 0 aromatic rings. The lowest BCUT2D eigenvalue weighted by molar-refractivity contribution is -0.305. The summed E-state index contributed by atoms with van der Waals surface area (Å²) in [4.78, 5) is 26.5. The molecule has 74 heavy (non-hydrogen) atoms. The molecular weight excluding hydrogens is 931 g/mol. The molecule has 8 unspecified atom stereocenters. The first kappa shape index (κ1) is 70.4. The minimum atomic E-state index is -1.60. The minimum absolute atomic E-state index is 0.130. The van der Waals surface area contributed by atoms with Crippen molar-refractivity contribution in [3.05, 3.63) is 12.2 Å². The number of rotatable bonds is 55. The van der Waals surface area contributed by atoms with E-state index in [1.165, 1.54) is 212 Å². The van der Waals surface area contributed by atoms with Gasteiger partial charge in [0.1, 0.15) is 24.4 Å². The molecule has 1 rings (SSSR count). The molecule has 6 N–H and O–H groups in total. The van der Waals surface area contributed by atoms with Gasteiger partial charge in [-0.25, -0.2) is 0 Å². The van der Waals surface area contributed by atoms with Crippen molar-refractivity contribution >= 4 is 11.9 Å². The van der Waals surface area contributed by atoms with Gasteiger partial charge in [0.2, 0.25) is 5.91 Å². The van der Waals surface area contributed by atoms with Crippen LogP contribution in [0.4, 0.5) is 0 Å². The number of allylic oxidation sites excluding steroid dienone is 1. The minimum Gasteiger partial charge on any atom is -0.454 e. The Kier molecular flexibility index (Phi) is 49.6. The summed E-state index contributed by atoms with van der Waals surface area (Å²) in [5.41, 5.74) is 0. The molecule has 1 aliphatic rings. The van der Waals surface area contributed by atoms with E-state index in [1.807, 2.05) is 6.08 Å². The maximum Gasteiger partial charge on any atom is 0.306 e. The summed E-state index contributed by atoms with van der Waals surface area (Å²) in [7, 11) is 0. The van der Waals surface area contributed by atoms with Gasteiger partial charge in [0, 0.05) is 6.42 Å². The second kappa shape index (κ2) is 52.1. The first-order valence-electron chi connectivity index (χ1n) is 32.0. The van der Waals surface area contributed by atoms with Crippen LogP contribution in [0.3, 0.4) is 0 Å². The number of hydrogen-bond donors (Lipinski definition) is 6. The van der Waals surface area contributed by atoms with E-state index in [0.29, 0.717) is 19.3 Å². The standard InChI is InChI=1S/C63H121NO10/c1-4-7-10-13-16-19-22-24-25-26-27-28-29-30-31-32-33-36-38-41-44-47-50-56(67)62(71)64-54(55(66)49-46-43-40-37-35-23-20-17-14-11-8-5-2)53-72-63-61(60(70)59(69)57(52-65)73-63)74-58(68)51-48-45-42-39-34-21-18-15-12-9-6-3/h46,49,54-57,59-61,63,65-67,69-70H,4-45,47-48,50-53H2,1-3H3,(H,64,71)/b49-46+. The van der Waals surface area contributed by atoms with E-state index < -0.39 is 67.4 Å². The maximum atomic E-state index is 13.4. The van der Waals surface area contributed by atoms with Crippen LogP contribution in [0, 0.1) is 0 Å². The fraction of sp³-hybridized carbons (Fsp3) is 0.937. The van der Waals surface area contributed by atoms with Crippen LogP contribution in [-0.4, -0.2) is 99.6 Å². The number of unbranched alkanes of at least 4 members (excludes halogenated alkanes) is 41. The Morgan fingerprint density at radius 2 is 0.878 bits per heavy atom. The zero-order valence-corrected chi connectivity index (χ0v) is 48.5. The third-order valence-electron chi connectivity index (χ3n) is 15.4. The molecule has 0 radical (unpaired) electrons. The molecule has 0 saturated carbocycles. The van der Waals surface area contributed by atoms with E-state index in [-0.39, 0.29) is 13.0 Å². The molecule has 0 aliphatic carbocycles. The van der Waals surface area contributed by atoms with Crippen LogP contribution in [0.1, 0.15) is 316 Å². The number of hydrogen-bond acceptors (Lipinski definition) is 10. The van der Waals surface area contributed by atoms with Gasteiger partial charge in [0.15, 0.2) is 12.4 Å². The summed E-state index contributed by atoms with van der Waals surface area (Å²) in [5.74, 6) is -1.18. The van der Waals surface area contributed by atoms with Crippen molar-refractivity contribution in [3.63, 3.8) is 0 Å². The van der Waals surface area contributed by atoms with Crippen molar-refractivity contribution in [3.8, 4) is 0 Å². The first-order chi connectivity index (χ1) is 36.2. The summed E-state index contributed by atoms with van der Waals surface area (Å²) in [6.45, 7) is 5.81. The summed E-state index contributed by atoms with van der Waals surface area (Å²) in [6.07, 6.45) is 48.4. The normalized spacial score (nSPS) is 19.3. The highest BCUT2D eigenvalue weighted by molar-refractivity contribution is 5.80. The highest BCUT2D eigenvalue weighted by Gasteiger charge is 2.47. The zero-order chi connectivity index (χ0) is 54.0. The van der Waals surface area contributed by atoms with E-state index in [2.05, 4.69) is 26.1 Å². The van der Waals surface area contributed by atoms with E-state index in [0.717, 1.165) is 57.8 Å². The monoisotopic (exact) mass is 1050 g/mol. The van der Waals surface area contributed by atoms with Crippen molar-refractivity contribution < 1.29 is 49.3 Å². The van der Waals surface area contributed by atoms with Crippen LogP contribution < -0.4 is 5.32 Å². The Bertz CT molecular complexity index is 1250. The van der Waals surface area contributed by atoms with Crippen LogP contribution in [-0.2, 0) is 23.8 Å². The number of carbonyl (C=O) groups is 2. The highest BCUT2D eigenvalue weighted by Crippen LogP contribution is 2.26. The average molecular weight is 1050 g/mol. The van der Waals surface area contributed by atoms with E-state index in [4.69, 9.17) is 14.2 Å². The molecule has 1 aliphatic heterocycles. The van der Waals surface area contributed by atoms with Crippen LogP contribution in [0.15, 0.2) is 12.2 Å². The Hall–Kier alpha value is -1.60. The Labute approximate surface area is 455 Å². The Balaban J connectivity index is 2.60. The summed E-state index contributed by atoms with van der Waals surface area (Å²) in [6, 6.07) is -1.02. The topological polar surface area (TPSA) is 175 Å². The summed E-state index contributed by atoms with van der Waals surface area (Å²) in [5, 5.41) is 56.9. The quantitative estimate of drug-likeness (QED) is 0.0195. The predicted octanol–water partition coefficient (Wildman–Crippen LogP) is 15.1. The van der Waals surface area contributed by atoms with Crippen molar-refractivity contribution in [1.82, 2.24) is 5.32 Å². The summed E-state index contributed by atoms with van der Waals surface area (Å²) >= 11 is 0. The van der Waals surface area contributed by atoms with Gasteiger partial charge >= 0.3 is 5.97 Å². The molecule has 1 amide bonds. The molecule has 11 nitrogen and oxygen atoms in total. The summed E-state index contributed by atoms with van der Waals surface area (Å²) < 4.78 is 17.6. The maximum absolute atomic E-state index is 13.4. The number of amides is 1. The third-order valence-corrected chi connectivity index (χ3v) is 15.4. The number of ether oxygens (including phenoxy) is 3. The molecular formula is C63H121NO10. The molecule has 1 heterocycles. The molecule has 11 heteroatoms. The largest absolute Gasteiger partial charge is 0.454 e. The average Bonchev–Trinajstić information content (AvgIpc) is 3.40. The number of nitrogens with one attached hydrogen (secondary N) is 1. The van der Waals surface area contributed by atoms with Gasteiger partial charge in [-0.1, -0.05) is 296 Å². The molecule has 1 fully saturated rings. The highest BCUT2D eigenvalue weighted by atomic mass is 16.7. The number of aliphatic hydroxyl groups is 5. The van der Waals surface area contributed by atoms with Gasteiger partial charge in [0.05, 0.1) is 25.4 Å². The predicted molar refractivity (Wildman–Crippen MR) is 306 cm³/mol. The van der Waals surface area contributed by atoms with Crippen molar-refractivity contribution in [1.29, 1.82) is 0 Å². The van der Waals surface area contributed by atoms with Crippen molar-refractivity contribution in [2.45, 2.75) is 365 Å². The van der Waals surface area contributed by atoms with E-state index in [9.17, 15) is 35.1 Å². The van der Waals surface area contributed by atoms with Crippen LogP contribution in [0.5, 0.6) is 0 Å². The van der Waals surface area contributed by atoms with Gasteiger partial charge in [-0.2, -0.15) is 0 Å². The number of carbonyl (C=O) groups excluding carboxylic acids is 2. The Morgan fingerprint density at radius 3 is 1.27 bits per heavy atom. The molecule has 0 aromatic heterocycles. The molecule has 438 valence electrons. The van der Waals surface area contributed by atoms with E-state index in [1.54, 1.807) is 6.08 Å². The molecule has 1 saturated heterocycles. The fourth-order valence-corrected chi connectivity index (χ4v) is 10.4. The molecule has 0 aromatic carbocycles. The van der Waals surface area contributed by atoms with E-state index >= 15 is 0 Å². The van der Waals surface area contributed by atoms with Crippen LogP contribution in [0.25, 0.3) is 0 Å². The molecule has 8 atom stereocenters. The van der Waals surface area contributed by atoms with Crippen molar-refractivity contribution in [2.24, 2.45) is 0 Å². The molecule has 0 bridgehead atoms. The third kappa shape index (κ3) is 39.7. The SMILES string of the molecule is CCCCCCCCCCCC/C=C/C(O)C(COC1OC(CO)C(O)C(O)C1OC(=O)CCCCCCCCCCCCC)NC(=O)C(O)CCCCCCCCCCCCCCCCCCCCCCCC. The van der Waals surface area contributed by atoms with Gasteiger partial charge < -0.3 is 45.1 Å². The van der Waals surface area contributed by atoms with Gasteiger partial charge in [0.25, 0.3) is 0 Å². The fourth-order valence-electron chi connectivity index (χ4n) is 10.4. The van der Waals surface area contributed by atoms with Gasteiger partial charge in [-0.05, 0) is 25.7 Å². The lowest BCUT2D eigenvalue weighted by Gasteiger charge is -2.41. The van der Waals surface area contributed by atoms with Crippen LogP contribution in [0.2, 0.25) is 0 Å². The first-order valence-corrected chi connectivity index (χ1v) is 32.0. The lowest BCUT2D eigenvalue weighted by Crippen LogP contribution is -2.61. The Morgan fingerprint density at radius 1 is 0.514 bits per heavy atom. The smallest absolute Gasteiger partial charge is 0.306 e. The van der Waals surface area contributed by atoms with Crippen molar-refractivity contribution in [2.75, 3.05) is 13.2 Å². The van der Waals surface area contributed by atoms with Gasteiger partial charge in [-0.3, -0.25) is 9.59 Å². The molecule has 0 spiro atoms.